The van der Waals surface area contributed by atoms with Crippen LogP contribution in [-0.4, -0.2) is 16.0 Å². The topological polar surface area (TPSA) is 40.7 Å². The quantitative estimate of drug-likeness (QED) is 0.820. The summed E-state index contributed by atoms with van der Waals surface area (Å²) in [4.78, 5) is 7.45. The Morgan fingerprint density at radius 2 is 2.31 bits per heavy atom. The monoisotopic (exact) mass is 221 g/mol. The first-order valence-electron chi connectivity index (χ1n) is 6.44. The molecular formula is C13H23N3. The number of nitrogens with zero attached hydrogens (tertiary/aromatic N) is 1. The summed E-state index contributed by atoms with van der Waals surface area (Å²) < 4.78 is 0. The van der Waals surface area contributed by atoms with Gasteiger partial charge >= 0.3 is 0 Å². The van der Waals surface area contributed by atoms with Gasteiger partial charge < -0.3 is 10.3 Å². The number of hydrogen-bond donors (Lipinski definition) is 2. The van der Waals surface area contributed by atoms with E-state index < -0.39 is 0 Å². The van der Waals surface area contributed by atoms with Crippen LogP contribution in [0.2, 0.25) is 0 Å². The van der Waals surface area contributed by atoms with E-state index in [1.165, 1.54) is 25.0 Å². The Hall–Kier alpha value is -0.830. The summed E-state index contributed by atoms with van der Waals surface area (Å²) in [5.74, 6) is 1.72. The SMILES string of the molecule is CCC1CCC(NCc2nc[nH]c2C)C1C. The summed E-state index contributed by atoms with van der Waals surface area (Å²) in [5.41, 5.74) is 2.34. The molecular weight excluding hydrogens is 198 g/mol. The highest BCUT2D eigenvalue weighted by Crippen LogP contribution is 2.33. The summed E-state index contributed by atoms with van der Waals surface area (Å²) in [7, 11) is 0. The Morgan fingerprint density at radius 3 is 2.88 bits per heavy atom. The first-order valence-corrected chi connectivity index (χ1v) is 6.44. The fourth-order valence-corrected chi connectivity index (χ4v) is 2.90. The Kier molecular flexibility index (Phi) is 3.64. The van der Waals surface area contributed by atoms with Crippen molar-refractivity contribution < 1.29 is 0 Å². The fraction of sp³-hybridized carbons (Fsp3) is 0.769. The van der Waals surface area contributed by atoms with Crippen LogP contribution in [0.3, 0.4) is 0 Å². The molecule has 3 heteroatoms. The average Bonchev–Trinajstić information content (AvgIpc) is 2.83. The van der Waals surface area contributed by atoms with E-state index >= 15 is 0 Å². The average molecular weight is 221 g/mol. The lowest BCUT2D eigenvalue weighted by Crippen LogP contribution is -2.32. The minimum Gasteiger partial charge on any atom is -0.348 e. The summed E-state index contributed by atoms with van der Waals surface area (Å²) in [6, 6.07) is 0.682. The molecule has 1 aromatic rings. The van der Waals surface area contributed by atoms with Crippen molar-refractivity contribution in [2.24, 2.45) is 11.8 Å². The molecule has 3 atom stereocenters. The highest BCUT2D eigenvalue weighted by Gasteiger charge is 2.30. The number of nitrogens with one attached hydrogen (secondary N) is 2. The molecule has 3 unspecified atom stereocenters. The fourth-order valence-electron chi connectivity index (χ4n) is 2.90. The van der Waals surface area contributed by atoms with Crippen molar-refractivity contribution in [3.63, 3.8) is 0 Å². The van der Waals surface area contributed by atoms with Crippen LogP contribution in [0.1, 0.15) is 44.5 Å². The number of H-pyrrole nitrogens is 1. The van der Waals surface area contributed by atoms with Crippen molar-refractivity contribution in [3.05, 3.63) is 17.7 Å². The van der Waals surface area contributed by atoms with Gasteiger partial charge in [-0.15, -0.1) is 0 Å². The van der Waals surface area contributed by atoms with Gasteiger partial charge in [0.2, 0.25) is 0 Å². The predicted octanol–water partition coefficient (Wildman–Crippen LogP) is 2.63. The van der Waals surface area contributed by atoms with Crippen molar-refractivity contribution >= 4 is 0 Å². The van der Waals surface area contributed by atoms with Crippen LogP contribution < -0.4 is 5.32 Å². The maximum Gasteiger partial charge on any atom is 0.0925 e. The highest BCUT2D eigenvalue weighted by molar-refractivity contribution is 5.08. The van der Waals surface area contributed by atoms with E-state index in [0.29, 0.717) is 6.04 Å². The molecule has 1 aromatic heterocycles. The zero-order valence-corrected chi connectivity index (χ0v) is 10.6. The third-order valence-electron chi connectivity index (χ3n) is 4.22. The summed E-state index contributed by atoms with van der Waals surface area (Å²) in [5, 5.41) is 3.66. The van der Waals surface area contributed by atoms with E-state index in [0.717, 1.165) is 24.1 Å². The van der Waals surface area contributed by atoms with Crippen LogP contribution in [0.5, 0.6) is 0 Å². The van der Waals surface area contributed by atoms with E-state index in [9.17, 15) is 0 Å². The van der Waals surface area contributed by atoms with E-state index in [-0.39, 0.29) is 0 Å². The van der Waals surface area contributed by atoms with Crippen molar-refractivity contribution in [1.29, 1.82) is 0 Å². The molecule has 90 valence electrons. The smallest absolute Gasteiger partial charge is 0.0925 e. The highest BCUT2D eigenvalue weighted by atomic mass is 15.0. The van der Waals surface area contributed by atoms with Gasteiger partial charge in [0, 0.05) is 18.3 Å². The first kappa shape index (κ1) is 11.6. The lowest BCUT2D eigenvalue weighted by molar-refractivity contribution is 0.343. The van der Waals surface area contributed by atoms with Gasteiger partial charge in [-0.25, -0.2) is 4.98 Å². The third kappa shape index (κ3) is 2.29. The molecule has 1 fully saturated rings. The van der Waals surface area contributed by atoms with Crippen LogP contribution >= 0.6 is 0 Å². The van der Waals surface area contributed by atoms with Crippen molar-refractivity contribution in [2.75, 3.05) is 0 Å². The van der Waals surface area contributed by atoms with Crippen LogP contribution in [0.15, 0.2) is 6.33 Å². The summed E-state index contributed by atoms with van der Waals surface area (Å²) in [6.45, 7) is 7.68. The van der Waals surface area contributed by atoms with E-state index in [4.69, 9.17) is 0 Å². The molecule has 0 bridgehead atoms. The minimum absolute atomic E-state index is 0.682. The second-order valence-corrected chi connectivity index (χ2v) is 5.07. The number of aromatic amines is 1. The van der Waals surface area contributed by atoms with Gasteiger partial charge in [0.25, 0.3) is 0 Å². The van der Waals surface area contributed by atoms with Gasteiger partial charge in [0.15, 0.2) is 0 Å². The summed E-state index contributed by atoms with van der Waals surface area (Å²) >= 11 is 0. The first-order chi connectivity index (χ1) is 7.72. The third-order valence-corrected chi connectivity index (χ3v) is 4.22. The molecule has 1 saturated carbocycles. The Morgan fingerprint density at radius 1 is 1.50 bits per heavy atom. The number of imidazole rings is 1. The van der Waals surface area contributed by atoms with Crippen molar-refractivity contribution in [2.45, 2.75) is 52.6 Å². The van der Waals surface area contributed by atoms with Gasteiger partial charge in [-0.3, -0.25) is 0 Å². The molecule has 1 heterocycles. The molecule has 3 nitrogen and oxygen atoms in total. The van der Waals surface area contributed by atoms with Crippen LogP contribution in [0, 0.1) is 18.8 Å². The van der Waals surface area contributed by atoms with E-state index in [1.54, 1.807) is 6.33 Å². The second kappa shape index (κ2) is 5.00. The van der Waals surface area contributed by atoms with Gasteiger partial charge in [0.1, 0.15) is 0 Å². The molecule has 16 heavy (non-hydrogen) atoms. The molecule has 1 aliphatic carbocycles. The molecule has 0 spiro atoms. The maximum atomic E-state index is 4.32. The van der Waals surface area contributed by atoms with Gasteiger partial charge in [-0.2, -0.15) is 0 Å². The largest absolute Gasteiger partial charge is 0.348 e. The van der Waals surface area contributed by atoms with E-state index in [2.05, 4.69) is 36.1 Å². The minimum atomic E-state index is 0.682. The van der Waals surface area contributed by atoms with Crippen LogP contribution in [0.4, 0.5) is 0 Å². The normalized spacial score (nSPS) is 29.8. The van der Waals surface area contributed by atoms with E-state index in [1.807, 2.05) is 0 Å². The predicted molar refractivity (Wildman–Crippen MR) is 66.1 cm³/mol. The maximum absolute atomic E-state index is 4.32. The Balaban J connectivity index is 1.85. The standard InChI is InChI=1S/C13H23N3/c1-4-11-5-6-12(9(11)2)14-7-13-10(3)15-8-16-13/h8-9,11-12,14H,4-7H2,1-3H3,(H,15,16). The number of hydrogen-bond acceptors (Lipinski definition) is 2. The van der Waals surface area contributed by atoms with Crippen molar-refractivity contribution in [3.8, 4) is 0 Å². The molecule has 0 aliphatic heterocycles. The number of aryl methyl sites for hydroxylation is 1. The molecule has 2 rings (SSSR count). The molecule has 0 saturated heterocycles. The van der Waals surface area contributed by atoms with Gasteiger partial charge in [-0.05, 0) is 31.6 Å². The number of aromatic nitrogens is 2. The van der Waals surface area contributed by atoms with Crippen molar-refractivity contribution in [1.82, 2.24) is 15.3 Å². The lowest BCUT2D eigenvalue weighted by Gasteiger charge is -2.20. The Labute approximate surface area is 98.1 Å². The zero-order valence-electron chi connectivity index (χ0n) is 10.6. The molecule has 0 radical (unpaired) electrons. The summed E-state index contributed by atoms with van der Waals surface area (Å²) in [6.07, 6.45) is 5.80. The van der Waals surface area contributed by atoms with Crippen LogP contribution in [0.25, 0.3) is 0 Å². The van der Waals surface area contributed by atoms with Gasteiger partial charge in [-0.1, -0.05) is 20.3 Å². The lowest BCUT2D eigenvalue weighted by atomic mass is 9.93. The van der Waals surface area contributed by atoms with Crippen LogP contribution in [-0.2, 0) is 6.54 Å². The zero-order chi connectivity index (χ0) is 11.5. The second-order valence-electron chi connectivity index (χ2n) is 5.07. The molecule has 0 amide bonds. The number of rotatable bonds is 4. The Bertz CT molecular complexity index is 332. The molecule has 0 aromatic carbocycles. The van der Waals surface area contributed by atoms with Gasteiger partial charge in [0.05, 0.1) is 12.0 Å². The molecule has 1 aliphatic rings. The molecule has 2 N–H and O–H groups in total.